The number of carbonyl (C=O) groups excluding carboxylic acids is 1. The van der Waals surface area contributed by atoms with Gasteiger partial charge in [-0.25, -0.2) is 0 Å². The van der Waals surface area contributed by atoms with Crippen LogP contribution in [0.3, 0.4) is 0 Å². The lowest BCUT2D eigenvalue weighted by Crippen LogP contribution is -2.57. The predicted octanol–water partition coefficient (Wildman–Crippen LogP) is 0.831. The smallest absolute Gasteiger partial charge is 0.235 e. The molecule has 0 aromatic rings. The minimum absolute atomic E-state index is 0.0262. The molecule has 0 aromatic carbocycles. The van der Waals surface area contributed by atoms with E-state index in [9.17, 15) is 9.90 Å². The van der Waals surface area contributed by atoms with Gasteiger partial charge in [-0.15, -0.1) is 0 Å². The molecule has 2 aliphatic rings. The molecule has 1 aliphatic carbocycles. The van der Waals surface area contributed by atoms with Crippen molar-refractivity contribution in [3.63, 3.8) is 0 Å². The van der Waals surface area contributed by atoms with Crippen LogP contribution in [0.4, 0.5) is 0 Å². The molecule has 3 N–H and O–H groups in total. The number of ether oxygens (including phenoxy) is 1. The number of aliphatic hydroxyl groups is 1. The van der Waals surface area contributed by atoms with Crippen molar-refractivity contribution in [2.75, 3.05) is 19.7 Å². The molecule has 2 fully saturated rings. The average Bonchev–Trinajstić information content (AvgIpc) is 2.46. The summed E-state index contributed by atoms with van der Waals surface area (Å²) in [6.07, 6.45) is 4.23. The van der Waals surface area contributed by atoms with Crippen LogP contribution in [0.25, 0.3) is 0 Å². The highest BCUT2D eigenvalue weighted by atomic mass is 32.1. The van der Waals surface area contributed by atoms with Crippen molar-refractivity contribution < 1.29 is 14.6 Å². The summed E-state index contributed by atoms with van der Waals surface area (Å²) in [5, 5.41) is 9.28. The van der Waals surface area contributed by atoms with Gasteiger partial charge in [0.1, 0.15) is 0 Å². The number of thiocarbonyl (C=S) groups is 1. The van der Waals surface area contributed by atoms with E-state index in [0.717, 1.165) is 32.1 Å². The lowest BCUT2D eigenvalue weighted by Gasteiger charge is -2.43. The van der Waals surface area contributed by atoms with Crippen molar-refractivity contribution in [1.82, 2.24) is 4.90 Å². The molecule has 1 saturated heterocycles. The Bertz CT molecular complexity index is 383. The normalized spacial score (nSPS) is 30.0. The highest BCUT2D eigenvalue weighted by Crippen LogP contribution is 2.39. The van der Waals surface area contributed by atoms with Crippen molar-refractivity contribution in [3.05, 3.63) is 0 Å². The standard InChI is InChI=1S/C14H24N2O3S/c1-10-7-16(8-11(9-17)19-10)13(18)14(12(15)20)5-3-2-4-6-14/h10-11,17H,2-9H2,1H3,(H2,15,20). The molecular formula is C14H24N2O3S. The molecule has 6 heteroatoms. The topological polar surface area (TPSA) is 75.8 Å². The first-order valence-corrected chi connectivity index (χ1v) is 7.76. The van der Waals surface area contributed by atoms with Gasteiger partial charge in [0.2, 0.25) is 5.91 Å². The summed E-state index contributed by atoms with van der Waals surface area (Å²) >= 11 is 5.21. The molecule has 1 heterocycles. The predicted molar refractivity (Wildman–Crippen MR) is 80.3 cm³/mol. The maximum absolute atomic E-state index is 12.9. The van der Waals surface area contributed by atoms with E-state index in [1.54, 1.807) is 4.90 Å². The zero-order valence-corrected chi connectivity index (χ0v) is 12.8. The Balaban J connectivity index is 2.16. The molecule has 20 heavy (non-hydrogen) atoms. The second-order valence-electron chi connectivity index (χ2n) is 5.97. The van der Waals surface area contributed by atoms with Crippen molar-refractivity contribution in [1.29, 1.82) is 0 Å². The van der Waals surface area contributed by atoms with E-state index in [1.165, 1.54) is 0 Å². The summed E-state index contributed by atoms with van der Waals surface area (Å²) in [6, 6.07) is 0. The van der Waals surface area contributed by atoms with Gasteiger partial charge >= 0.3 is 0 Å². The Kier molecular flexibility index (Phi) is 4.99. The Morgan fingerprint density at radius 3 is 2.60 bits per heavy atom. The number of hydrogen-bond acceptors (Lipinski definition) is 4. The average molecular weight is 300 g/mol. The second kappa shape index (κ2) is 6.37. The van der Waals surface area contributed by atoms with Crippen molar-refractivity contribution in [2.45, 2.75) is 51.2 Å². The number of nitrogens with two attached hydrogens (primary N) is 1. The van der Waals surface area contributed by atoms with Crippen LogP contribution < -0.4 is 5.73 Å². The van der Waals surface area contributed by atoms with E-state index >= 15 is 0 Å². The molecule has 2 rings (SSSR count). The largest absolute Gasteiger partial charge is 0.394 e. The molecule has 1 saturated carbocycles. The molecule has 2 atom stereocenters. The maximum Gasteiger partial charge on any atom is 0.235 e. The summed E-state index contributed by atoms with van der Waals surface area (Å²) in [7, 11) is 0. The number of amides is 1. The quantitative estimate of drug-likeness (QED) is 0.755. The molecule has 5 nitrogen and oxygen atoms in total. The zero-order valence-electron chi connectivity index (χ0n) is 12.0. The van der Waals surface area contributed by atoms with Gasteiger partial charge in [-0.3, -0.25) is 4.79 Å². The summed E-state index contributed by atoms with van der Waals surface area (Å²) < 4.78 is 5.59. The van der Waals surface area contributed by atoms with Crippen LogP contribution in [0.2, 0.25) is 0 Å². The fraction of sp³-hybridized carbons (Fsp3) is 0.857. The third kappa shape index (κ3) is 2.97. The molecule has 0 spiro atoms. The van der Waals surface area contributed by atoms with E-state index < -0.39 is 5.41 Å². The number of hydrogen-bond donors (Lipinski definition) is 2. The first-order valence-electron chi connectivity index (χ1n) is 7.35. The number of morpholine rings is 1. The zero-order chi connectivity index (χ0) is 14.8. The van der Waals surface area contributed by atoms with Gasteiger partial charge in [0.15, 0.2) is 0 Å². The van der Waals surface area contributed by atoms with Crippen LogP contribution in [0, 0.1) is 5.41 Å². The number of aliphatic hydroxyl groups excluding tert-OH is 1. The first-order chi connectivity index (χ1) is 9.49. The van der Waals surface area contributed by atoms with Gasteiger partial charge in [-0.1, -0.05) is 31.5 Å². The monoisotopic (exact) mass is 300 g/mol. The summed E-state index contributed by atoms with van der Waals surface area (Å²) in [5.41, 5.74) is 5.24. The Hall–Kier alpha value is -0.720. The minimum atomic E-state index is -0.676. The van der Waals surface area contributed by atoms with Crippen LogP contribution in [0.5, 0.6) is 0 Å². The van der Waals surface area contributed by atoms with E-state index in [-0.39, 0.29) is 24.7 Å². The maximum atomic E-state index is 12.9. The van der Waals surface area contributed by atoms with Crippen LogP contribution >= 0.6 is 12.2 Å². The van der Waals surface area contributed by atoms with Gasteiger partial charge in [0, 0.05) is 13.1 Å². The van der Waals surface area contributed by atoms with Gasteiger partial charge in [0.05, 0.1) is 29.2 Å². The highest BCUT2D eigenvalue weighted by Gasteiger charge is 2.46. The molecule has 1 amide bonds. The summed E-state index contributed by atoms with van der Waals surface area (Å²) in [6.45, 7) is 2.80. The molecule has 1 aliphatic heterocycles. The number of carbonyl (C=O) groups is 1. The van der Waals surface area contributed by atoms with E-state index in [1.807, 2.05) is 6.92 Å². The third-order valence-electron chi connectivity index (χ3n) is 4.41. The lowest BCUT2D eigenvalue weighted by atomic mass is 9.72. The third-order valence-corrected chi connectivity index (χ3v) is 4.80. The van der Waals surface area contributed by atoms with Crippen LogP contribution in [0.15, 0.2) is 0 Å². The van der Waals surface area contributed by atoms with E-state index in [4.69, 9.17) is 22.7 Å². The van der Waals surface area contributed by atoms with E-state index in [2.05, 4.69) is 0 Å². The molecule has 0 radical (unpaired) electrons. The van der Waals surface area contributed by atoms with Gasteiger partial charge in [0.25, 0.3) is 0 Å². The highest BCUT2D eigenvalue weighted by molar-refractivity contribution is 7.80. The summed E-state index contributed by atoms with van der Waals surface area (Å²) in [5.74, 6) is 0.0262. The van der Waals surface area contributed by atoms with Crippen LogP contribution in [-0.2, 0) is 9.53 Å². The minimum Gasteiger partial charge on any atom is -0.394 e. The summed E-state index contributed by atoms with van der Waals surface area (Å²) in [4.78, 5) is 15.0. The fourth-order valence-electron chi connectivity index (χ4n) is 3.34. The molecule has 2 unspecified atom stereocenters. The van der Waals surface area contributed by atoms with Gasteiger partial charge in [-0.05, 0) is 19.8 Å². The Labute approximate surface area is 125 Å². The second-order valence-corrected chi connectivity index (χ2v) is 6.41. The van der Waals surface area contributed by atoms with Gasteiger partial charge < -0.3 is 20.5 Å². The SMILES string of the molecule is CC1CN(C(=O)C2(C(N)=S)CCCCC2)CC(CO)O1. The Morgan fingerprint density at radius 1 is 1.40 bits per heavy atom. The molecule has 0 aromatic heterocycles. The number of rotatable bonds is 3. The lowest BCUT2D eigenvalue weighted by molar-refractivity contribution is -0.155. The van der Waals surface area contributed by atoms with Crippen LogP contribution in [-0.4, -0.2) is 52.8 Å². The van der Waals surface area contributed by atoms with E-state index in [0.29, 0.717) is 18.1 Å². The van der Waals surface area contributed by atoms with Gasteiger partial charge in [-0.2, -0.15) is 0 Å². The first kappa shape index (κ1) is 15.7. The van der Waals surface area contributed by atoms with Crippen molar-refractivity contribution >= 4 is 23.1 Å². The van der Waals surface area contributed by atoms with Crippen molar-refractivity contribution in [3.8, 4) is 0 Å². The van der Waals surface area contributed by atoms with Crippen molar-refractivity contribution in [2.24, 2.45) is 11.1 Å². The Morgan fingerprint density at radius 2 is 2.05 bits per heavy atom. The molecular weight excluding hydrogens is 276 g/mol. The number of nitrogens with zero attached hydrogens (tertiary/aromatic N) is 1. The fourth-order valence-corrected chi connectivity index (χ4v) is 3.63. The molecule has 0 bridgehead atoms. The molecule has 114 valence electrons. The van der Waals surface area contributed by atoms with Crippen LogP contribution in [0.1, 0.15) is 39.0 Å².